The minimum Gasteiger partial charge on any atom is -0.464 e. The van der Waals surface area contributed by atoms with Crippen molar-refractivity contribution in [2.24, 2.45) is 5.84 Å². The summed E-state index contributed by atoms with van der Waals surface area (Å²) in [6, 6.07) is 7.83. The van der Waals surface area contributed by atoms with Crippen molar-refractivity contribution >= 4 is 5.95 Å². The first-order valence-corrected chi connectivity index (χ1v) is 5.81. The number of nitrogens with zero attached hydrogens (tertiary/aromatic N) is 3. The number of anilines is 1. The lowest BCUT2D eigenvalue weighted by atomic mass is 10.2. The Bertz CT molecular complexity index is 562. The van der Waals surface area contributed by atoms with Gasteiger partial charge in [0.25, 0.3) is 0 Å². The van der Waals surface area contributed by atoms with Crippen LogP contribution in [0.2, 0.25) is 0 Å². The summed E-state index contributed by atoms with van der Waals surface area (Å²) in [4.78, 5) is 12.0. The number of rotatable bonds is 5. The van der Waals surface area contributed by atoms with Crippen molar-refractivity contribution in [3.8, 4) is 17.8 Å². The molecule has 7 nitrogen and oxygen atoms in total. The minimum atomic E-state index is 0.122. The smallest absolute Gasteiger partial charge is 0.330 e. The Morgan fingerprint density at radius 3 is 2.68 bits per heavy atom. The van der Waals surface area contributed by atoms with Crippen LogP contribution in [0.4, 0.5) is 5.95 Å². The summed E-state index contributed by atoms with van der Waals surface area (Å²) in [5, 5.41) is 0. The molecular formula is C12H15N5O2. The third-order valence-electron chi connectivity index (χ3n) is 2.20. The summed E-state index contributed by atoms with van der Waals surface area (Å²) in [5.41, 5.74) is 3.42. The largest absolute Gasteiger partial charge is 0.464 e. The molecule has 19 heavy (non-hydrogen) atoms. The number of aryl methyl sites for hydroxylation is 1. The Hall–Kier alpha value is -2.41. The highest BCUT2D eigenvalue weighted by molar-refractivity contribution is 5.31. The maximum absolute atomic E-state index is 5.55. The van der Waals surface area contributed by atoms with Gasteiger partial charge in [-0.3, -0.25) is 5.43 Å². The highest BCUT2D eigenvalue weighted by Gasteiger charge is 2.08. The Labute approximate surface area is 110 Å². The molecule has 7 heteroatoms. The van der Waals surface area contributed by atoms with Crippen molar-refractivity contribution in [3.63, 3.8) is 0 Å². The number of hydrogen-bond donors (Lipinski definition) is 2. The van der Waals surface area contributed by atoms with E-state index in [4.69, 9.17) is 15.3 Å². The predicted octanol–water partition coefficient (Wildman–Crippen LogP) is 1.66. The molecule has 1 aromatic heterocycles. The molecule has 0 unspecified atom stereocenters. The van der Waals surface area contributed by atoms with E-state index >= 15 is 0 Å². The van der Waals surface area contributed by atoms with E-state index in [9.17, 15) is 0 Å². The van der Waals surface area contributed by atoms with Crippen LogP contribution in [0.25, 0.3) is 0 Å². The molecule has 1 aromatic carbocycles. The van der Waals surface area contributed by atoms with E-state index in [1.54, 1.807) is 0 Å². The molecule has 100 valence electrons. The van der Waals surface area contributed by atoms with Crippen LogP contribution in [-0.4, -0.2) is 21.6 Å². The molecule has 2 rings (SSSR count). The summed E-state index contributed by atoms with van der Waals surface area (Å²) in [7, 11) is 0. The van der Waals surface area contributed by atoms with Gasteiger partial charge in [0, 0.05) is 0 Å². The lowest BCUT2D eigenvalue weighted by molar-refractivity contribution is 0.304. The second kappa shape index (κ2) is 5.96. The molecule has 0 aliphatic rings. The number of aromatic nitrogens is 3. The number of nitrogen functional groups attached to an aromatic ring is 1. The van der Waals surface area contributed by atoms with Crippen molar-refractivity contribution in [2.45, 2.75) is 13.8 Å². The monoisotopic (exact) mass is 261 g/mol. The number of nitrogens with two attached hydrogens (primary N) is 1. The average molecular weight is 261 g/mol. The zero-order chi connectivity index (χ0) is 13.7. The van der Waals surface area contributed by atoms with Gasteiger partial charge >= 0.3 is 12.0 Å². The molecule has 0 spiro atoms. The van der Waals surface area contributed by atoms with Gasteiger partial charge in [0.15, 0.2) is 0 Å². The Morgan fingerprint density at radius 2 is 2.00 bits per heavy atom. The zero-order valence-electron chi connectivity index (χ0n) is 10.8. The molecule has 3 N–H and O–H groups in total. The van der Waals surface area contributed by atoms with Gasteiger partial charge in [0.05, 0.1) is 6.61 Å². The van der Waals surface area contributed by atoms with E-state index in [0.717, 1.165) is 5.56 Å². The fourth-order valence-corrected chi connectivity index (χ4v) is 1.43. The van der Waals surface area contributed by atoms with E-state index in [1.807, 2.05) is 38.1 Å². The second-order valence-corrected chi connectivity index (χ2v) is 3.72. The van der Waals surface area contributed by atoms with E-state index in [1.165, 1.54) is 0 Å². The molecule has 0 aliphatic heterocycles. The molecule has 0 radical (unpaired) electrons. The summed E-state index contributed by atoms with van der Waals surface area (Å²) < 4.78 is 10.8. The van der Waals surface area contributed by atoms with Crippen molar-refractivity contribution in [1.82, 2.24) is 15.0 Å². The van der Waals surface area contributed by atoms with Gasteiger partial charge in [-0.15, -0.1) is 4.98 Å². The number of nitrogens with one attached hydrogen (secondary N) is 1. The lowest BCUT2D eigenvalue weighted by Gasteiger charge is -2.07. The van der Waals surface area contributed by atoms with Crippen LogP contribution >= 0.6 is 0 Å². The van der Waals surface area contributed by atoms with Crippen LogP contribution in [0, 0.1) is 6.92 Å². The van der Waals surface area contributed by atoms with E-state index < -0.39 is 0 Å². The SMILES string of the molecule is CCOc1nc(NN)nc(Oc2cccc(C)c2)n1. The highest BCUT2D eigenvalue weighted by atomic mass is 16.5. The van der Waals surface area contributed by atoms with Crippen LogP contribution in [-0.2, 0) is 0 Å². The standard InChI is InChI=1S/C12H15N5O2/c1-3-18-11-14-10(17-13)15-12(16-11)19-9-6-4-5-8(2)7-9/h4-7H,3,13H2,1-2H3,(H,14,15,16,17). The van der Waals surface area contributed by atoms with Crippen molar-refractivity contribution in [1.29, 1.82) is 0 Å². The number of ether oxygens (including phenoxy) is 2. The molecule has 0 saturated heterocycles. The molecule has 0 saturated carbocycles. The van der Waals surface area contributed by atoms with Crippen LogP contribution in [0.3, 0.4) is 0 Å². The average Bonchev–Trinajstić information content (AvgIpc) is 2.39. The fourth-order valence-electron chi connectivity index (χ4n) is 1.43. The molecule has 0 atom stereocenters. The lowest BCUT2D eigenvalue weighted by Crippen LogP contribution is -2.12. The highest BCUT2D eigenvalue weighted by Crippen LogP contribution is 2.21. The summed E-state index contributed by atoms with van der Waals surface area (Å²) in [6.45, 7) is 4.25. The van der Waals surface area contributed by atoms with Gasteiger partial charge in [0.2, 0.25) is 5.95 Å². The summed E-state index contributed by atoms with van der Waals surface area (Å²) in [5.74, 6) is 6.10. The van der Waals surface area contributed by atoms with Crippen molar-refractivity contribution < 1.29 is 9.47 Å². The van der Waals surface area contributed by atoms with Crippen LogP contribution in [0.5, 0.6) is 17.8 Å². The maximum Gasteiger partial charge on any atom is 0.330 e. The van der Waals surface area contributed by atoms with Gasteiger partial charge in [-0.05, 0) is 31.5 Å². The quantitative estimate of drug-likeness (QED) is 0.624. The normalized spacial score (nSPS) is 10.1. The van der Waals surface area contributed by atoms with Gasteiger partial charge < -0.3 is 9.47 Å². The first-order chi connectivity index (χ1) is 9.21. The molecule has 0 aliphatic carbocycles. The summed E-state index contributed by atoms with van der Waals surface area (Å²) >= 11 is 0. The van der Waals surface area contributed by atoms with Crippen LogP contribution < -0.4 is 20.7 Å². The molecular weight excluding hydrogens is 246 g/mol. The van der Waals surface area contributed by atoms with Crippen molar-refractivity contribution in [3.05, 3.63) is 29.8 Å². The van der Waals surface area contributed by atoms with Crippen LogP contribution in [0.15, 0.2) is 24.3 Å². The predicted molar refractivity (Wildman–Crippen MR) is 70.1 cm³/mol. The third-order valence-corrected chi connectivity index (χ3v) is 2.20. The Kier molecular flexibility index (Phi) is 4.09. The molecule has 0 bridgehead atoms. The maximum atomic E-state index is 5.55. The van der Waals surface area contributed by atoms with E-state index in [-0.39, 0.29) is 18.0 Å². The topological polar surface area (TPSA) is 95.2 Å². The van der Waals surface area contributed by atoms with Crippen LogP contribution in [0.1, 0.15) is 12.5 Å². The first kappa shape index (κ1) is 13.0. The number of hydrogen-bond acceptors (Lipinski definition) is 7. The zero-order valence-corrected chi connectivity index (χ0v) is 10.8. The van der Waals surface area contributed by atoms with Crippen molar-refractivity contribution in [2.75, 3.05) is 12.0 Å². The van der Waals surface area contributed by atoms with Gasteiger partial charge in [-0.25, -0.2) is 5.84 Å². The summed E-state index contributed by atoms with van der Waals surface area (Å²) in [6.07, 6.45) is 0. The van der Waals surface area contributed by atoms with Gasteiger partial charge in [-0.2, -0.15) is 9.97 Å². The fraction of sp³-hybridized carbons (Fsp3) is 0.250. The molecule has 0 amide bonds. The number of hydrazine groups is 1. The molecule has 2 aromatic rings. The van der Waals surface area contributed by atoms with Gasteiger partial charge in [-0.1, -0.05) is 12.1 Å². The molecule has 1 heterocycles. The second-order valence-electron chi connectivity index (χ2n) is 3.72. The molecule has 0 fully saturated rings. The minimum absolute atomic E-state index is 0.122. The first-order valence-electron chi connectivity index (χ1n) is 5.81. The van der Waals surface area contributed by atoms with E-state index in [2.05, 4.69) is 20.4 Å². The van der Waals surface area contributed by atoms with Gasteiger partial charge in [0.1, 0.15) is 5.75 Å². The Balaban J connectivity index is 2.26. The van der Waals surface area contributed by atoms with E-state index in [0.29, 0.717) is 12.4 Å². The third kappa shape index (κ3) is 3.52. The Morgan fingerprint density at radius 1 is 1.21 bits per heavy atom. The number of benzene rings is 1.